The average molecular weight is 416 g/mol. The highest BCUT2D eigenvalue weighted by atomic mass is 16.2. The summed E-state index contributed by atoms with van der Waals surface area (Å²) in [4.78, 5) is 25.4. The van der Waals surface area contributed by atoms with Crippen LogP contribution in [0.4, 0.5) is 17.5 Å². The molecule has 3 aromatic rings. The Morgan fingerprint density at radius 1 is 1.23 bits per heavy atom. The fraction of sp³-hybridized carbons (Fsp3) is 0.304. The number of benzene rings is 1. The number of amides is 1. The highest BCUT2D eigenvalue weighted by Crippen LogP contribution is 2.37. The van der Waals surface area contributed by atoms with Gasteiger partial charge >= 0.3 is 0 Å². The minimum absolute atomic E-state index is 0.0950. The van der Waals surface area contributed by atoms with Crippen LogP contribution < -0.4 is 15.1 Å². The third-order valence-corrected chi connectivity index (χ3v) is 5.79. The summed E-state index contributed by atoms with van der Waals surface area (Å²) in [6.07, 6.45) is 11.7. The number of nitrogens with zero attached hydrogens (tertiary/aromatic N) is 6. The van der Waals surface area contributed by atoms with Gasteiger partial charge in [0.2, 0.25) is 11.9 Å². The van der Waals surface area contributed by atoms with E-state index in [0.29, 0.717) is 19.0 Å². The van der Waals surface area contributed by atoms with Crippen LogP contribution in [0.5, 0.6) is 0 Å². The molecule has 1 amide bonds. The van der Waals surface area contributed by atoms with Crippen molar-refractivity contribution in [3.8, 4) is 0 Å². The van der Waals surface area contributed by atoms with Gasteiger partial charge in [-0.05, 0) is 18.4 Å². The number of rotatable bonds is 6. The van der Waals surface area contributed by atoms with Crippen LogP contribution in [0.25, 0.3) is 6.08 Å². The van der Waals surface area contributed by atoms with Gasteiger partial charge < -0.3 is 15.1 Å². The van der Waals surface area contributed by atoms with Crippen LogP contribution in [0.2, 0.25) is 0 Å². The molecule has 8 nitrogen and oxygen atoms in total. The van der Waals surface area contributed by atoms with Crippen LogP contribution in [0.3, 0.4) is 0 Å². The Kier molecular flexibility index (Phi) is 5.11. The Balaban J connectivity index is 1.23. The minimum atomic E-state index is -0.0950. The maximum Gasteiger partial charge on any atom is 0.249 e. The van der Waals surface area contributed by atoms with Gasteiger partial charge in [-0.25, -0.2) is 4.98 Å². The second kappa shape index (κ2) is 8.22. The first kappa shape index (κ1) is 19.3. The van der Waals surface area contributed by atoms with E-state index in [0.717, 1.165) is 36.5 Å². The van der Waals surface area contributed by atoms with Crippen molar-refractivity contribution in [1.29, 1.82) is 0 Å². The molecule has 1 fully saturated rings. The minimum Gasteiger partial charge on any atom is -0.350 e. The van der Waals surface area contributed by atoms with Crippen molar-refractivity contribution in [2.45, 2.75) is 32.0 Å². The zero-order chi connectivity index (χ0) is 21.2. The molecular weight excluding hydrogens is 390 g/mol. The molecular formula is C23H25N7O. The highest BCUT2D eigenvalue weighted by Gasteiger charge is 2.40. The summed E-state index contributed by atoms with van der Waals surface area (Å²) in [7, 11) is 1.80. The first-order valence-electron chi connectivity index (χ1n) is 10.6. The molecule has 1 unspecified atom stereocenters. The summed E-state index contributed by atoms with van der Waals surface area (Å²) >= 11 is 0. The number of hydrogen-bond donors (Lipinski definition) is 1. The molecule has 0 radical (unpaired) electrons. The molecule has 5 rings (SSSR count). The zero-order valence-corrected chi connectivity index (χ0v) is 17.5. The van der Waals surface area contributed by atoms with Crippen LogP contribution >= 0.6 is 0 Å². The van der Waals surface area contributed by atoms with E-state index in [1.165, 1.54) is 5.56 Å². The topological polar surface area (TPSA) is 79.2 Å². The fourth-order valence-corrected chi connectivity index (χ4v) is 4.16. The number of carbonyl (C=O) groups is 1. The van der Waals surface area contributed by atoms with E-state index in [1.807, 2.05) is 35.3 Å². The van der Waals surface area contributed by atoms with E-state index in [1.54, 1.807) is 18.1 Å². The van der Waals surface area contributed by atoms with Crippen LogP contribution in [-0.4, -0.2) is 45.3 Å². The number of fused-ring (bicyclic) bond motifs is 3. The van der Waals surface area contributed by atoms with Crippen LogP contribution in [0.1, 0.15) is 24.0 Å². The number of anilines is 3. The fourth-order valence-electron chi connectivity index (χ4n) is 4.16. The summed E-state index contributed by atoms with van der Waals surface area (Å²) < 4.78 is 1.90. The van der Waals surface area contributed by atoms with Crippen LogP contribution in [-0.2, 0) is 17.9 Å². The third-order valence-electron chi connectivity index (χ3n) is 5.79. The van der Waals surface area contributed by atoms with Gasteiger partial charge in [0.15, 0.2) is 5.82 Å². The Morgan fingerprint density at radius 3 is 2.97 bits per heavy atom. The number of aromatic nitrogens is 4. The lowest BCUT2D eigenvalue weighted by molar-refractivity contribution is -0.119. The Hall–Kier alpha value is -3.68. The summed E-state index contributed by atoms with van der Waals surface area (Å²) in [5.74, 6) is 1.52. The molecule has 1 N–H and O–H groups in total. The Bertz CT molecular complexity index is 1110. The van der Waals surface area contributed by atoms with Crippen LogP contribution in [0.15, 0.2) is 55.0 Å². The van der Waals surface area contributed by atoms with Gasteiger partial charge in [0, 0.05) is 31.9 Å². The molecule has 1 saturated heterocycles. The van der Waals surface area contributed by atoms with Crippen molar-refractivity contribution in [1.82, 2.24) is 19.7 Å². The second-order valence-electron chi connectivity index (χ2n) is 7.89. The van der Waals surface area contributed by atoms with Crippen molar-refractivity contribution in [3.05, 3.63) is 66.1 Å². The molecule has 1 atom stereocenters. The van der Waals surface area contributed by atoms with E-state index < -0.39 is 0 Å². The molecule has 0 bridgehead atoms. The molecule has 2 aromatic heterocycles. The lowest BCUT2D eigenvalue weighted by Crippen LogP contribution is -2.49. The second-order valence-corrected chi connectivity index (χ2v) is 7.89. The molecule has 2 aliphatic heterocycles. The predicted octanol–water partition coefficient (Wildman–Crippen LogP) is 2.94. The van der Waals surface area contributed by atoms with E-state index >= 15 is 0 Å². The van der Waals surface area contributed by atoms with Gasteiger partial charge in [-0.2, -0.15) is 10.1 Å². The van der Waals surface area contributed by atoms with Gasteiger partial charge in [0.25, 0.3) is 0 Å². The molecule has 158 valence electrons. The Labute approximate surface area is 181 Å². The number of allylic oxidation sites excluding steroid dienone is 1. The van der Waals surface area contributed by atoms with Crippen molar-refractivity contribution in [3.63, 3.8) is 0 Å². The standard InChI is InChI=1S/C23H25N7O/c1-28-20-15-25-23(27-21(20)30-12-6-10-19(30)22(28)31)24-13-18-14-26-29(16-18)11-5-9-17-7-3-2-4-8-17/h2-5,7-9,14-16,19H,6,10-13H2,1H3,(H,24,25,27)/b9-5+. The summed E-state index contributed by atoms with van der Waals surface area (Å²) in [5, 5.41) is 7.71. The van der Waals surface area contributed by atoms with Crippen molar-refractivity contribution < 1.29 is 4.79 Å². The largest absolute Gasteiger partial charge is 0.350 e. The van der Waals surface area contributed by atoms with Crippen molar-refractivity contribution in [2.75, 3.05) is 28.7 Å². The first-order valence-corrected chi connectivity index (χ1v) is 10.6. The average Bonchev–Trinajstić information content (AvgIpc) is 3.47. The van der Waals surface area contributed by atoms with Crippen molar-refractivity contribution in [2.24, 2.45) is 0 Å². The molecule has 8 heteroatoms. The summed E-state index contributed by atoms with van der Waals surface area (Å²) in [6, 6.07) is 10.1. The maximum atomic E-state index is 12.5. The molecule has 2 aliphatic rings. The number of likely N-dealkylation sites (N-methyl/N-ethyl adjacent to an activating group) is 1. The van der Waals surface area contributed by atoms with Gasteiger partial charge in [-0.3, -0.25) is 9.48 Å². The molecule has 0 saturated carbocycles. The molecule has 31 heavy (non-hydrogen) atoms. The lowest BCUT2D eigenvalue weighted by atomic mass is 10.1. The number of hydrogen-bond acceptors (Lipinski definition) is 6. The monoisotopic (exact) mass is 415 g/mol. The normalized spacial score (nSPS) is 17.8. The third kappa shape index (κ3) is 3.88. The van der Waals surface area contributed by atoms with E-state index in [-0.39, 0.29) is 11.9 Å². The first-order chi connectivity index (χ1) is 15.2. The molecule has 1 aromatic carbocycles. The molecule has 0 spiro atoms. The summed E-state index contributed by atoms with van der Waals surface area (Å²) in [5.41, 5.74) is 3.00. The predicted molar refractivity (Wildman–Crippen MR) is 121 cm³/mol. The van der Waals surface area contributed by atoms with Gasteiger partial charge in [-0.15, -0.1) is 0 Å². The zero-order valence-electron chi connectivity index (χ0n) is 17.5. The van der Waals surface area contributed by atoms with E-state index in [4.69, 9.17) is 4.98 Å². The van der Waals surface area contributed by atoms with Crippen molar-refractivity contribution >= 4 is 29.4 Å². The smallest absolute Gasteiger partial charge is 0.249 e. The van der Waals surface area contributed by atoms with E-state index in [9.17, 15) is 4.79 Å². The van der Waals surface area contributed by atoms with Gasteiger partial charge in [0.1, 0.15) is 11.7 Å². The lowest BCUT2D eigenvalue weighted by Gasteiger charge is -2.36. The molecule has 4 heterocycles. The van der Waals surface area contributed by atoms with E-state index in [2.05, 4.69) is 44.6 Å². The van der Waals surface area contributed by atoms with Gasteiger partial charge in [-0.1, -0.05) is 42.5 Å². The molecule has 0 aliphatic carbocycles. The summed E-state index contributed by atoms with van der Waals surface area (Å²) in [6.45, 7) is 2.15. The van der Waals surface area contributed by atoms with Crippen LogP contribution in [0, 0.1) is 0 Å². The number of nitrogens with one attached hydrogen (secondary N) is 1. The maximum absolute atomic E-state index is 12.5. The Morgan fingerprint density at radius 2 is 2.10 bits per heavy atom. The SMILES string of the molecule is CN1C(=O)C2CCCN2c2nc(NCc3cnn(C/C=C/c4ccccc4)c3)ncc21. The number of carbonyl (C=O) groups excluding carboxylic acids is 1. The van der Waals surface area contributed by atoms with Gasteiger partial charge in [0.05, 0.1) is 18.9 Å². The quantitative estimate of drug-likeness (QED) is 0.667. The highest BCUT2D eigenvalue weighted by molar-refractivity contribution is 6.04.